The summed E-state index contributed by atoms with van der Waals surface area (Å²) in [5, 5.41) is 0. The average Bonchev–Trinajstić information content (AvgIpc) is 2.90. The van der Waals surface area contributed by atoms with Crippen LogP contribution in [0.2, 0.25) is 0 Å². The molecule has 0 amide bonds. The number of aromatic nitrogens is 2. The van der Waals surface area contributed by atoms with E-state index in [0.29, 0.717) is 26.1 Å². The van der Waals surface area contributed by atoms with E-state index in [1.54, 1.807) is 6.92 Å². The van der Waals surface area contributed by atoms with E-state index in [-0.39, 0.29) is 37.1 Å². The molecule has 9 nitrogen and oxygen atoms in total. The van der Waals surface area contributed by atoms with Crippen LogP contribution in [-0.4, -0.2) is 57.8 Å². The molecule has 39 heavy (non-hydrogen) atoms. The van der Waals surface area contributed by atoms with Gasteiger partial charge in [-0.25, -0.2) is 4.98 Å². The number of nitrogens with two attached hydrogens (primary N) is 1. The lowest BCUT2D eigenvalue weighted by Crippen LogP contribution is -2.43. The number of ketones is 1. The Kier molecular flexibility index (Phi) is 11.2. The predicted octanol–water partition coefficient (Wildman–Crippen LogP) is 3.22. The van der Waals surface area contributed by atoms with Crippen LogP contribution in [0.25, 0.3) is 0 Å². The lowest BCUT2D eigenvalue weighted by Gasteiger charge is -2.29. The summed E-state index contributed by atoms with van der Waals surface area (Å²) < 4.78 is 4.93. The maximum absolute atomic E-state index is 12.0. The molecular weight excluding hydrogens is 518 g/mol. The van der Waals surface area contributed by atoms with Gasteiger partial charge >= 0.3 is 5.97 Å². The van der Waals surface area contributed by atoms with Crippen molar-refractivity contribution in [2.45, 2.75) is 39.4 Å². The summed E-state index contributed by atoms with van der Waals surface area (Å²) in [6.45, 7) is 6.34. The van der Waals surface area contributed by atoms with Crippen molar-refractivity contribution in [3.8, 4) is 0 Å². The zero-order valence-corrected chi connectivity index (χ0v) is 23.0. The Labute approximate surface area is 236 Å². The van der Waals surface area contributed by atoms with Crippen LogP contribution in [0.1, 0.15) is 37.2 Å². The number of anilines is 1. The molecule has 210 valence electrons. The van der Waals surface area contributed by atoms with Gasteiger partial charge < -0.3 is 10.5 Å². The summed E-state index contributed by atoms with van der Waals surface area (Å²) in [7, 11) is 0. The van der Waals surface area contributed by atoms with Crippen LogP contribution in [0.4, 0.5) is 5.95 Å². The van der Waals surface area contributed by atoms with Crippen molar-refractivity contribution in [3.63, 3.8) is 0 Å². The first kappa shape index (κ1) is 30.0. The lowest BCUT2D eigenvalue weighted by molar-refractivity contribution is -0.153. The number of hydrogen-bond acceptors (Lipinski definition) is 8. The highest BCUT2D eigenvalue weighted by Crippen LogP contribution is 2.18. The maximum atomic E-state index is 12.0. The van der Waals surface area contributed by atoms with Gasteiger partial charge in [-0.05, 0) is 30.9 Å². The van der Waals surface area contributed by atoms with Crippen molar-refractivity contribution in [1.82, 2.24) is 19.8 Å². The Bertz CT molecular complexity index is 1290. The normalized spacial score (nSPS) is 17.3. The second-order valence-corrected chi connectivity index (χ2v) is 9.58. The highest BCUT2D eigenvalue weighted by Gasteiger charge is 2.33. The quantitative estimate of drug-likeness (QED) is 0.351. The molecule has 5 rings (SSSR count). The number of carbonyl (C=O) groups is 2. The summed E-state index contributed by atoms with van der Waals surface area (Å²) >= 11 is 0. The Hall–Kier alpha value is -3.53. The maximum Gasteiger partial charge on any atom is 0.316 e. The second-order valence-electron chi connectivity index (χ2n) is 9.58. The van der Waals surface area contributed by atoms with Crippen LogP contribution in [0.5, 0.6) is 0 Å². The molecule has 3 heterocycles. The van der Waals surface area contributed by atoms with E-state index < -0.39 is 5.92 Å². The van der Waals surface area contributed by atoms with Gasteiger partial charge in [-0.2, -0.15) is 0 Å². The Morgan fingerprint density at radius 3 is 2.15 bits per heavy atom. The number of piperidine rings is 1. The van der Waals surface area contributed by atoms with Crippen molar-refractivity contribution < 1.29 is 15.8 Å². The first-order chi connectivity index (χ1) is 18.4. The minimum Gasteiger partial charge on any atom is -0.465 e. The van der Waals surface area contributed by atoms with E-state index in [0.717, 1.165) is 43.9 Å². The summed E-state index contributed by atoms with van der Waals surface area (Å²) in [4.78, 5) is 46.5. The number of fused-ring (bicyclic) bond motifs is 1. The molecule has 1 unspecified atom stereocenters. The number of esters is 1. The van der Waals surface area contributed by atoms with Crippen molar-refractivity contribution in [3.05, 3.63) is 93.4 Å². The molecule has 3 N–H and O–H groups in total. The van der Waals surface area contributed by atoms with Crippen LogP contribution < -0.4 is 11.3 Å². The molecule has 0 spiro atoms. The first-order valence-corrected chi connectivity index (χ1v) is 13.0. The zero-order chi connectivity index (χ0) is 26.9. The highest BCUT2D eigenvalue weighted by molar-refractivity contribution is 6.00. The minimum absolute atomic E-state index is 0. The van der Waals surface area contributed by atoms with Gasteiger partial charge in [-0.3, -0.25) is 29.2 Å². The van der Waals surface area contributed by atoms with E-state index in [4.69, 9.17) is 10.5 Å². The summed E-state index contributed by atoms with van der Waals surface area (Å²) in [5.41, 5.74) is 9.54. The van der Waals surface area contributed by atoms with Gasteiger partial charge in [-0.1, -0.05) is 60.7 Å². The third-order valence-electron chi connectivity index (χ3n) is 6.74. The van der Waals surface area contributed by atoms with E-state index in [2.05, 4.69) is 31.9 Å². The fourth-order valence-electron chi connectivity index (χ4n) is 4.84. The number of H-pyrrole nitrogens is 1. The average molecular weight is 556 g/mol. The van der Waals surface area contributed by atoms with E-state index in [1.165, 1.54) is 11.1 Å². The lowest BCUT2D eigenvalue weighted by atomic mass is 9.95. The third kappa shape index (κ3) is 8.48. The van der Waals surface area contributed by atoms with E-state index in [1.807, 2.05) is 48.5 Å². The molecule has 2 aliphatic rings. The van der Waals surface area contributed by atoms with Gasteiger partial charge in [0.05, 0.1) is 18.8 Å². The fourth-order valence-corrected chi connectivity index (χ4v) is 4.84. The predicted molar refractivity (Wildman–Crippen MR) is 154 cm³/mol. The Morgan fingerprint density at radius 1 is 1.00 bits per heavy atom. The zero-order valence-electron chi connectivity index (χ0n) is 22.2. The number of carbonyl (C=O) groups excluding carboxylic acids is 2. The number of benzene rings is 2. The Balaban J connectivity index is 0.000000267. The third-order valence-corrected chi connectivity index (χ3v) is 6.74. The minimum atomic E-state index is -0.563. The summed E-state index contributed by atoms with van der Waals surface area (Å²) in [6.07, 6.45) is 1.29. The first-order valence-electron chi connectivity index (χ1n) is 13.0. The van der Waals surface area contributed by atoms with Crippen molar-refractivity contribution in [1.29, 1.82) is 0 Å². The number of Topliss-reactive ketones (excluding diaryl/α,β-unsaturated/α-hetero) is 1. The smallest absolute Gasteiger partial charge is 0.316 e. The number of likely N-dealkylation sites (tertiary alicyclic amines) is 1. The molecular formula is C29H38ClN5O4. The summed E-state index contributed by atoms with van der Waals surface area (Å²) in [6, 6.07) is 20.3. The van der Waals surface area contributed by atoms with Crippen LogP contribution in [-0.2, 0) is 40.4 Å². The SMILES string of the molecule is CCOC(=O)C1CCN(Cc2ccccc2)CC1=O.Cl.Nc1nc2c(c(=O)[nH]1)CCN(Cc1ccccc1)C2.[HH]. The van der Waals surface area contributed by atoms with E-state index >= 15 is 0 Å². The molecule has 1 aromatic heterocycles. The van der Waals surface area contributed by atoms with Crippen LogP contribution in [0.3, 0.4) is 0 Å². The van der Waals surface area contributed by atoms with Crippen molar-refractivity contribution >= 4 is 30.1 Å². The molecule has 1 saturated heterocycles. The number of nitrogens with one attached hydrogen (secondary N) is 1. The molecule has 10 heteroatoms. The molecule has 2 aromatic carbocycles. The number of aromatic amines is 1. The molecule has 1 atom stereocenters. The standard InChI is InChI=1S/C15H19NO3.C14H16N4O.ClH.H2/c1-2-19-15(18)13-8-9-16(11-14(13)17)10-12-6-4-3-5-7-12;15-14-16-12-9-18(7-6-11(12)13(19)17-14)8-10-4-2-1-3-5-10;;/h3-7,13H,2,8-11H2,1H3;1-5H,6-9H2,(H3,15,16,17,19);2*1H. The molecule has 3 aromatic rings. The van der Waals surface area contributed by atoms with Crippen LogP contribution in [0, 0.1) is 5.92 Å². The number of nitrogens with zero attached hydrogens (tertiary/aromatic N) is 3. The van der Waals surface area contributed by atoms with Gasteiger partial charge in [-0.15, -0.1) is 12.4 Å². The van der Waals surface area contributed by atoms with Crippen molar-refractivity contribution in [2.75, 3.05) is 32.0 Å². The van der Waals surface area contributed by atoms with Gasteiger partial charge in [0.1, 0.15) is 5.92 Å². The largest absolute Gasteiger partial charge is 0.465 e. The molecule has 0 radical (unpaired) electrons. The fraction of sp³-hybridized carbons (Fsp3) is 0.379. The van der Waals surface area contributed by atoms with Gasteiger partial charge in [0.25, 0.3) is 5.56 Å². The van der Waals surface area contributed by atoms with Crippen LogP contribution >= 0.6 is 12.4 Å². The Morgan fingerprint density at radius 2 is 1.59 bits per heavy atom. The highest BCUT2D eigenvalue weighted by atomic mass is 35.5. The molecule has 1 fully saturated rings. The number of rotatable bonds is 6. The monoisotopic (exact) mass is 555 g/mol. The molecule has 2 aliphatic heterocycles. The topological polar surface area (TPSA) is 122 Å². The molecule has 0 bridgehead atoms. The van der Waals surface area contributed by atoms with Crippen LogP contribution in [0.15, 0.2) is 65.5 Å². The van der Waals surface area contributed by atoms with Gasteiger partial charge in [0, 0.05) is 39.7 Å². The number of nitrogen functional groups attached to an aromatic ring is 1. The number of hydrogen-bond donors (Lipinski definition) is 2. The van der Waals surface area contributed by atoms with Gasteiger partial charge in [0.2, 0.25) is 5.95 Å². The number of halogens is 1. The van der Waals surface area contributed by atoms with E-state index in [9.17, 15) is 14.4 Å². The molecule has 0 aliphatic carbocycles. The van der Waals surface area contributed by atoms with Crippen molar-refractivity contribution in [2.24, 2.45) is 5.92 Å². The summed E-state index contributed by atoms with van der Waals surface area (Å²) in [5.74, 6) is -0.759. The van der Waals surface area contributed by atoms with Gasteiger partial charge in [0.15, 0.2) is 5.78 Å². The second kappa shape index (κ2) is 14.6. The molecule has 0 saturated carbocycles. The number of ether oxygens (including phenoxy) is 1.